The molecule has 0 unspecified atom stereocenters. The van der Waals surface area contributed by atoms with Crippen molar-refractivity contribution in [3.05, 3.63) is 61.5 Å². The number of ether oxygens (including phenoxy) is 2. The van der Waals surface area contributed by atoms with Crippen LogP contribution in [0.4, 0.5) is 13.2 Å². The molecular formula is C20H13F3I6NO6S-. The Bertz CT molecular complexity index is 1250. The highest BCUT2D eigenvalue weighted by Crippen LogP contribution is 2.32. The molecule has 0 heterocycles. The van der Waals surface area contributed by atoms with E-state index in [2.05, 4.69) is 4.72 Å². The second-order valence-corrected chi connectivity index (χ2v) is 16.3. The Morgan fingerprint density at radius 2 is 1.19 bits per heavy atom. The van der Waals surface area contributed by atoms with Gasteiger partial charge in [-0.2, -0.15) is 13.2 Å². The number of rotatable bonds is 9. The van der Waals surface area contributed by atoms with Crippen LogP contribution in [-0.2, 0) is 19.5 Å². The van der Waals surface area contributed by atoms with Gasteiger partial charge in [-0.3, -0.25) is 0 Å². The first-order valence-electron chi connectivity index (χ1n) is 9.50. The monoisotopic (exact) mass is 1210 g/mol. The maximum atomic E-state index is 12.9. The lowest BCUT2D eigenvalue weighted by atomic mass is 9.93. The zero-order valence-electron chi connectivity index (χ0n) is 18.1. The highest BCUT2D eigenvalue weighted by molar-refractivity contribution is 14.1. The number of hydrogen-bond donors (Lipinski definition) is 0. The zero-order chi connectivity index (χ0) is 28.3. The molecule has 0 aliphatic heterocycles. The Balaban J connectivity index is 2.28. The van der Waals surface area contributed by atoms with Crippen LogP contribution in [0.25, 0.3) is 4.72 Å². The predicted octanol–water partition coefficient (Wildman–Crippen LogP) is 7.56. The van der Waals surface area contributed by atoms with Gasteiger partial charge < -0.3 is 14.2 Å². The lowest BCUT2D eigenvalue weighted by Crippen LogP contribution is -2.37. The maximum Gasteiger partial charge on any atom is 0.480 e. The number of halogens is 9. The van der Waals surface area contributed by atoms with Crippen molar-refractivity contribution in [3.63, 3.8) is 0 Å². The molecule has 0 aliphatic carbocycles. The van der Waals surface area contributed by atoms with Crippen LogP contribution in [0.15, 0.2) is 24.3 Å². The zero-order valence-corrected chi connectivity index (χ0v) is 31.9. The van der Waals surface area contributed by atoms with Crippen molar-refractivity contribution in [1.29, 1.82) is 0 Å². The summed E-state index contributed by atoms with van der Waals surface area (Å²) < 4.78 is 79.6. The Hall–Kier alpha value is 1.46. The Kier molecular flexibility index (Phi) is 13.2. The summed E-state index contributed by atoms with van der Waals surface area (Å²) in [4.78, 5) is 25.6. The van der Waals surface area contributed by atoms with E-state index in [-0.39, 0.29) is 11.1 Å². The van der Waals surface area contributed by atoms with E-state index in [1.54, 1.807) is 12.1 Å². The molecule has 0 spiro atoms. The van der Waals surface area contributed by atoms with E-state index in [0.29, 0.717) is 7.14 Å². The van der Waals surface area contributed by atoms with Crippen molar-refractivity contribution >= 4 is 158 Å². The third-order valence-corrected chi connectivity index (χ3v) is 12.8. The van der Waals surface area contributed by atoms with Crippen molar-refractivity contribution < 1.29 is 40.7 Å². The van der Waals surface area contributed by atoms with E-state index in [9.17, 15) is 31.2 Å². The molecule has 0 fully saturated rings. The van der Waals surface area contributed by atoms with Gasteiger partial charge in [0.2, 0.25) is 0 Å². The first kappa shape index (κ1) is 34.7. The van der Waals surface area contributed by atoms with E-state index in [0.717, 1.165) is 14.3 Å². The van der Waals surface area contributed by atoms with E-state index < -0.39 is 52.6 Å². The molecule has 0 atom stereocenters. The van der Waals surface area contributed by atoms with Gasteiger partial charge in [0, 0.05) is 26.8 Å². The SMILES string of the molecule is CC(C[N-]S(=O)(=O)C(F)(F)F)(COC(=O)c1cc(I)cc(I)c1I)COC(=O)c1cc(I)cc(I)c1I. The fourth-order valence-corrected chi connectivity index (χ4v) is 7.87. The van der Waals surface area contributed by atoms with Gasteiger partial charge in [-0.1, -0.05) is 6.92 Å². The molecule has 7 nitrogen and oxygen atoms in total. The molecule has 37 heavy (non-hydrogen) atoms. The summed E-state index contributed by atoms with van der Waals surface area (Å²) in [7, 11) is -5.81. The third kappa shape index (κ3) is 9.76. The van der Waals surface area contributed by atoms with Crippen LogP contribution >= 0.6 is 136 Å². The van der Waals surface area contributed by atoms with E-state index >= 15 is 0 Å². The molecule has 0 radical (unpaired) electrons. The van der Waals surface area contributed by atoms with Gasteiger partial charge in [0.1, 0.15) is 0 Å². The number of carbonyl (C=O) groups is 2. The van der Waals surface area contributed by atoms with Crippen LogP contribution in [-0.4, -0.2) is 45.6 Å². The summed E-state index contributed by atoms with van der Waals surface area (Å²) in [5.74, 6) is -1.53. The van der Waals surface area contributed by atoms with Gasteiger partial charge in [0.15, 0.2) is 10.0 Å². The first-order valence-corrected chi connectivity index (χ1v) is 17.4. The summed E-state index contributed by atoms with van der Waals surface area (Å²) in [6.07, 6.45) is 0. The van der Waals surface area contributed by atoms with E-state index in [1.807, 2.05) is 148 Å². The average Bonchev–Trinajstić information content (AvgIpc) is 2.78. The minimum Gasteiger partial charge on any atom is -0.541 e. The maximum absolute atomic E-state index is 12.9. The van der Waals surface area contributed by atoms with Gasteiger partial charge >= 0.3 is 17.4 Å². The lowest BCUT2D eigenvalue weighted by Gasteiger charge is -2.35. The summed E-state index contributed by atoms with van der Waals surface area (Å²) >= 11 is 12.1. The van der Waals surface area contributed by atoms with Crippen LogP contribution in [0.1, 0.15) is 27.6 Å². The molecule has 0 aliphatic rings. The quantitative estimate of drug-likeness (QED) is 0.146. The number of carbonyl (C=O) groups excluding carboxylic acids is 2. The number of alkyl halides is 3. The Labute approximate surface area is 292 Å². The second kappa shape index (κ2) is 14.1. The van der Waals surface area contributed by atoms with Gasteiger partial charge in [-0.05, 0) is 160 Å². The molecular weight excluding hydrogens is 1200 g/mol. The highest BCUT2D eigenvalue weighted by Gasteiger charge is 2.40. The summed E-state index contributed by atoms with van der Waals surface area (Å²) in [5, 5.41) is 0. The molecule has 0 aromatic heterocycles. The predicted molar refractivity (Wildman–Crippen MR) is 181 cm³/mol. The van der Waals surface area contributed by atoms with Gasteiger partial charge in [0.25, 0.3) is 0 Å². The number of sulfonamides is 1. The molecule has 0 saturated carbocycles. The standard InChI is InChI=1S/C20H13F3I6NO6S/c1-19(6-30-37(33,34)20(21,22)23,7-35-17(31)11-2-9(24)4-13(26)15(11)28)8-36-18(32)12-3-10(25)5-14(27)16(12)29/h2-5H,6-8H2,1H3/q-1. The fraction of sp³-hybridized carbons (Fsp3) is 0.300. The number of esters is 2. The van der Waals surface area contributed by atoms with Crippen LogP contribution in [0.5, 0.6) is 0 Å². The smallest absolute Gasteiger partial charge is 0.480 e. The van der Waals surface area contributed by atoms with E-state index in [4.69, 9.17) is 9.47 Å². The fourth-order valence-electron chi connectivity index (χ4n) is 2.49. The largest absolute Gasteiger partial charge is 0.541 e. The number of benzene rings is 2. The molecule has 17 heteroatoms. The first-order chi connectivity index (χ1) is 16.9. The van der Waals surface area contributed by atoms with Crippen LogP contribution < -0.4 is 0 Å². The van der Waals surface area contributed by atoms with Crippen LogP contribution in [0.2, 0.25) is 0 Å². The topological polar surface area (TPSA) is 101 Å². The van der Waals surface area contributed by atoms with Crippen LogP contribution in [0.3, 0.4) is 0 Å². The van der Waals surface area contributed by atoms with Crippen LogP contribution in [0, 0.1) is 26.8 Å². The Morgan fingerprint density at radius 3 is 1.54 bits per heavy atom. The van der Waals surface area contributed by atoms with E-state index in [1.165, 1.54) is 6.92 Å². The average molecular weight is 1210 g/mol. The molecule has 0 bridgehead atoms. The molecule has 2 rings (SSSR count). The number of hydrogen-bond acceptors (Lipinski definition) is 6. The molecule has 0 saturated heterocycles. The van der Waals surface area contributed by atoms with Gasteiger partial charge in [-0.15, -0.1) is 6.54 Å². The van der Waals surface area contributed by atoms with Gasteiger partial charge in [0.05, 0.1) is 24.3 Å². The van der Waals surface area contributed by atoms with Crippen molar-refractivity contribution in [3.8, 4) is 0 Å². The third-order valence-electron chi connectivity index (χ3n) is 4.44. The Morgan fingerprint density at radius 1 is 0.811 bits per heavy atom. The second-order valence-electron chi connectivity index (χ2n) is 7.67. The highest BCUT2D eigenvalue weighted by atomic mass is 127. The molecule has 204 valence electrons. The van der Waals surface area contributed by atoms with Crippen molar-refractivity contribution in [1.82, 2.24) is 0 Å². The normalized spacial score (nSPS) is 12.4. The van der Waals surface area contributed by atoms with Crippen molar-refractivity contribution in [2.45, 2.75) is 12.4 Å². The van der Waals surface area contributed by atoms with Crippen molar-refractivity contribution in [2.75, 3.05) is 19.8 Å². The van der Waals surface area contributed by atoms with Gasteiger partial charge in [-0.25, -0.2) is 18.0 Å². The minimum absolute atomic E-state index is 0.235. The summed E-state index contributed by atoms with van der Waals surface area (Å²) in [5.41, 5.74) is -6.70. The molecule has 2 aromatic carbocycles. The minimum atomic E-state index is -5.81. The summed E-state index contributed by atoms with van der Waals surface area (Å²) in [6, 6.07) is 6.86. The lowest BCUT2D eigenvalue weighted by molar-refractivity contribution is -0.0430. The number of nitrogens with zero attached hydrogens (tertiary/aromatic N) is 1. The van der Waals surface area contributed by atoms with Crippen molar-refractivity contribution in [2.24, 2.45) is 5.41 Å². The molecule has 2 aromatic rings. The molecule has 0 amide bonds. The molecule has 0 N–H and O–H groups in total. The summed E-state index contributed by atoms with van der Waals surface area (Å²) in [6.45, 7) is -0.739.